The Balaban J connectivity index is 2.04. The van der Waals surface area contributed by atoms with E-state index in [2.05, 4.69) is 46.0 Å². The third-order valence-corrected chi connectivity index (χ3v) is 12.9. The summed E-state index contributed by atoms with van der Waals surface area (Å²) in [4.78, 5) is 28.7. The number of amides is 1. The minimum absolute atomic E-state index is 0.0387. The van der Waals surface area contributed by atoms with E-state index in [0.29, 0.717) is 38.1 Å². The fourth-order valence-electron chi connectivity index (χ4n) is 5.68. The topological polar surface area (TPSA) is 65.1 Å². The van der Waals surface area contributed by atoms with Crippen LogP contribution in [0.5, 0.6) is 0 Å². The molecule has 1 aliphatic heterocycles. The van der Waals surface area contributed by atoms with Gasteiger partial charge >= 0.3 is 6.09 Å². The van der Waals surface area contributed by atoms with E-state index in [4.69, 9.17) is 13.9 Å². The molecule has 1 amide bonds. The Hall–Kier alpha value is -1.60. The molecule has 0 aromatic carbocycles. The van der Waals surface area contributed by atoms with Gasteiger partial charge in [-0.25, -0.2) is 4.79 Å². The Morgan fingerprint density at radius 1 is 1.17 bits per heavy atom. The first-order valence-electron chi connectivity index (χ1n) is 13.2. The van der Waals surface area contributed by atoms with Crippen molar-refractivity contribution in [2.75, 3.05) is 20.2 Å². The minimum atomic E-state index is -2.14. The van der Waals surface area contributed by atoms with E-state index in [9.17, 15) is 9.59 Å². The Kier molecular flexibility index (Phi) is 8.03. The molecular formula is C28H47NO5Si. The largest absolute Gasteiger partial charge is 0.505 e. The van der Waals surface area contributed by atoms with Gasteiger partial charge in [0.15, 0.2) is 8.32 Å². The lowest BCUT2D eigenvalue weighted by atomic mass is 9.52. The lowest BCUT2D eigenvalue weighted by molar-refractivity contribution is -0.135. The molecule has 198 valence electrons. The van der Waals surface area contributed by atoms with Crippen LogP contribution in [0, 0.1) is 17.3 Å². The van der Waals surface area contributed by atoms with Gasteiger partial charge in [-0.15, -0.1) is 0 Å². The van der Waals surface area contributed by atoms with Crippen molar-refractivity contribution in [3.05, 3.63) is 24.0 Å². The van der Waals surface area contributed by atoms with Crippen LogP contribution in [0.4, 0.5) is 4.79 Å². The normalized spacial score (nSPS) is 30.3. The van der Waals surface area contributed by atoms with Gasteiger partial charge in [-0.1, -0.05) is 26.8 Å². The fraction of sp³-hybridized carbons (Fsp3) is 0.786. The maximum atomic E-state index is 13.8. The second kappa shape index (κ2) is 10.0. The van der Waals surface area contributed by atoms with Crippen molar-refractivity contribution in [1.29, 1.82) is 0 Å². The van der Waals surface area contributed by atoms with Crippen LogP contribution in [0.3, 0.4) is 0 Å². The molecule has 1 heterocycles. The highest BCUT2D eigenvalue weighted by Crippen LogP contribution is 2.57. The van der Waals surface area contributed by atoms with Crippen molar-refractivity contribution in [1.82, 2.24) is 4.90 Å². The van der Waals surface area contributed by atoms with Crippen molar-refractivity contribution in [2.45, 2.75) is 103 Å². The van der Waals surface area contributed by atoms with E-state index in [1.807, 2.05) is 25.7 Å². The van der Waals surface area contributed by atoms with E-state index in [0.717, 1.165) is 18.4 Å². The molecule has 0 N–H and O–H groups in total. The number of ketones is 1. The van der Waals surface area contributed by atoms with Gasteiger partial charge in [0.25, 0.3) is 0 Å². The van der Waals surface area contributed by atoms with Gasteiger partial charge in [-0.3, -0.25) is 4.79 Å². The zero-order chi connectivity index (χ0) is 26.2. The smallest absolute Gasteiger partial charge is 0.410 e. The van der Waals surface area contributed by atoms with E-state index in [1.54, 1.807) is 13.4 Å². The summed E-state index contributed by atoms with van der Waals surface area (Å²) < 4.78 is 18.1. The van der Waals surface area contributed by atoms with Crippen LogP contribution in [-0.4, -0.2) is 57.0 Å². The molecule has 7 heteroatoms. The zero-order valence-electron chi connectivity index (χ0n) is 23.4. The number of hydrogen-bond acceptors (Lipinski definition) is 5. The van der Waals surface area contributed by atoms with Gasteiger partial charge in [-0.05, 0) is 88.1 Å². The molecule has 4 aliphatic rings. The molecule has 0 aromatic rings. The summed E-state index contributed by atoms with van der Waals surface area (Å²) in [5.74, 6) is 0.651. The van der Waals surface area contributed by atoms with Gasteiger partial charge in [0.1, 0.15) is 11.4 Å². The molecular weight excluding hydrogens is 458 g/mol. The molecule has 1 spiro atoms. The minimum Gasteiger partial charge on any atom is -0.505 e. The van der Waals surface area contributed by atoms with Crippen LogP contribution in [0.1, 0.15) is 73.6 Å². The number of allylic oxidation sites excluding steroid dienone is 2. The lowest BCUT2D eigenvalue weighted by Gasteiger charge is -2.53. The highest BCUT2D eigenvalue weighted by molar-refractivity contribution is 6.74. The summed E-state index contributed by atoms with van der Waals surface area (Å²) in [5.41, 5.74) is 0.0272. The molecule has 6 nitrogen and oxygen atoms in total. The predicted octanol–water partition coefficient (Wildman–Crippen LogP) is 6.48. The number of carbonyl (C=O) groups is 2. The average molecular weight is 506 g/mol. The number of hydrogen-bond donors (Lipinski definition) is 0. The van der Waals surface area contributed by atoms with Crippen molar-refractivity contribution in [2.24, 2.45) is 17.3 Å². The molecule has 1 saturated heterocycles. The van der Waals surface area contributed by atoms with Crippen LogP contribution >= 0.6 is 0 Å². The molecule has 0 radical (unpaired) electrons. The quantitative estimate of drug-likeness (QED) is 0.249. The Morgan fingerprint density at radius 3 is 2.46 bits per heavy atom. The molecule has 1 unspecified atom stereocenters. The van der Waals surface area contributed by atoms with Gasteiger partial charge in [0, 0.05) is 19.5 Å². The van der Waals surface area contributed by atoms with Crippen molar-refractivity contribution < 1.29 is 23.5 Å². The zero-order valence-corrected chi connectivity index (χ0v) is 24.4. The molecule has 2 bridgehead atoms. The van der Waals surface area contributed by atoms with Crippen LogP contribution in [0.25, 0.3) is 0 Å². The SMILES string of the molecule is COC=C[C@@H]1C[C@H]2C=C3[C@@H](O[Si](C)(C)C(C)(C)C)CCN(C(=O)OC(C)(C)C)CCCC31C(=O)C2. The van der Waals surface area contributed by atoms with Crippen LogP contribution in [-0.2, 0) is 18.7 Å². The fourth-order valence-corrected chi connectivity index (χ4v) is 6.99. The number of carbonyl (C=O) groups excluding carboxylic acids is 2. The number of ether oxygens (including phenoxy) is 2. The molecule has 4 atom stereocenters. The van der Waals surface area contributed by atoms with E-state index in [1.165, 1.54) is 0 Å². The highest BCUT2D eigenvalue weighted by atomic mass is 28.4. The number of nitrogens with zero attached hydrogens (tertiary/aromatic N) is 1. The number of rotatable bonds is 4. The second-order valence-electron chi connectivity index (χ2n) is 13.1. The Bertz CT molecular complexity index is 866. The van der Waals surface area contributed by atoms with E-state index >= 15 is 0 Å². The average Bonchev–Trinajstić information content (AvgIpc) is 2.78. The van der Waals surface area contributed by atoms with Crippen LogP contribution < -0.4 is 0 Å². The predicted molar refractivity (Wildman–Crippen MR) is 142 cm³/mol. The maximum Gasteiger partial charge on any atom is 0.410 e. The number of fused-ring (bicyclic) bond motifs is 2. The molecule has 1 saturated carbocycles. The Labute approximate surface area is 213 Å². The van der Waals surface area contributed by atoms with Gasteiger partial charge in [0.05, 0.1) is 24.9 Å². The van der Waals surface area contributed by atoms with E-state index < -0.39 is 19.3 Å². The third kappa shape index (κ3) is 5.87. The Morgan fingerprint density at radius 2 is 1.86 bits per heavy atom. The van der Waals surface area contributed by atoms with Crippen molar-refractivity contribution in [3.63, 3.8) is 0 Å². The molecule has 4 rings (SSSR count). The van der Waals surface area contributed by atoms with Crippen molar-refractivity contribution in [3.8, 4) is 0 Å². The number of methoxy groups -OCH3 is 1. The van der Waals surface area contributed by atoms with E-state index in [-0.39, 0.29) is 29.1 Å². The lowest BCUT2D eigenvalue weighted by Crippen LogP contribution is -2.54. The number of Topliss-reactive ketones (excluding diaryl/α,β-unsaturated/α-hetero) is 1. The standard InChI is InChI=1S/C28H47NO5Si/c1-26(2,3)33-25(31)29-14-10-13-28-21(12-16-32-7)17-20(19-24(28)30)18-22(28)23(11-15-29)34-35(8,9)27(4,5)6/h12,16,18,20-21,23H,10-11,13-15,17,19H2,1-9H3/t20-,21+,23-,28?/m0/s1. The van der Waals surface area contributed by atoms with Crippen molar-refractivity contribution >= 4 is 20.2 Å². The summed E-state index contributed by atoms with van der Waals surface area (Å²) in [6.45, 7) is 18.1. The summed E-state index contributed by atoms with van der Waals surface area (Å²) in [6.07, 6.45) is 9.38. The second-order valence-corrected chi connectivity index (χ2v) is 17.9. The maximum absolute atomic E-state index is 13.8. The van der Waals surface area contributed by atoms with Gasteiger partial charge < -0.3 is 18.8 Å². The van der Waals surface area contributed by atoms with Crippen LogP contribution in [0.15, 0.2) is 24.0 Å². The van der Waals surface area contributed by atoms with Gasteiger partial charge in [-0.2, -0.15) is 0 Å². The first kappa shape index (κ1) is 28.0. The first-order chi connectivity index (χ1) is 16.1. The summed E-state index contributed by atoms with van der Waals surface area (Å²) in [5, 5.41) is 0.0387. The monoisotopic (exact) mass is 505 g/mol. The molecule has 35 heavy (non-hydrogen) atoms. The summed E-state index contributed by atoms with van der Waals surface area (Å²) in [7, 11) is -0.489. The third-order valence-electron chi connectivity index (χ3n) is 8.41. The molecule has 3 aliphatic carbocycles. The van der Waals surface area contributed by atoms with Gasteiger partial charge in [0.2, 0.25) is 0 Å². The summed E-state index contributed by atoms with van der Waals surface area (Å²) >= 11 is 0. The van der Waals surface area contributed by atoms with Crippen LogP contribution in [0.2, 0.25) is 18.1 Å². The molecule has 0 aromatic heterocycles. The molecule has 2 fully saturated rings. The highest BCUT2D eigenvalue weighted by Gasteiger charge is 2.57. The first-order valence-corrected chi connectivity index (χ1v) is 16.1. The summed E-state index contributed by atoms with van der Waals surface area (Å²) in [6, 6.07) is 0.